The molecule has 0 atom stereocenters. The van der Waals surface area contributed by atoms with Crippen LogP contribution in [0.5, 0.6) is 5.75 Å². The second kappa shape index (κ2) is 10.3. The molecular weight excluding hydrogens is 377 g/mol. The molecule has 2 aromatic rings. The van der Waals surface area contributed by atoms with Gasteiger partial charge in [0.05, 0.1) is 12.4 Å². The average Bonchev–Trinajstić information content (AvgIpc) is 2.99. The van der Waals surface area contributed by atoms with Crippen LogP contribution in [-0.4, -0.2) is 56.9 Å². The molecule has 1 aromatic heterocycles. The normalized spacial score (nSPS) is 10.7. The van der Waals surface area contributed by atoms with E-state index in [1.54, 1.807) is 17.0 Å². The minimum atomic E-state index is -0.299. The Kier molecular flexibility index (Phi) is 8.05. The van der Waals surface area contributed by atoms with Crippen LogP contribution in [0.3, 0.4) is 0 Å². The lowest BCUT2D eigenvalue weighted by atomic mass is 10.3. The number of thioether (sulfide) groups is 2. The largest absolute Gasteiger partial charge is 0.493 e. The number of nitrogen functional groups attached to an aromatic ring is 1. The van der Waals surface area contributed by atoms with E-state index in [1.807, 2.05) is 13.8 Å². The van der Waals surface area contributed by atoms with Gasteiger partial charge in [0.1, 0.15) is 11.6 Å². The predicted molar refractivity (Wildman–Crippen MR) is 101 cm³/mol. The molecular formula is C16H22FN5O2S2. The quantitative estimate of drug-likeness (QED) is 0.372. The van der Waals surface area contributed by atoms with Crippen molar-refractivity contribution in [1.29, 1.82) is 0 Å². The molecule has 0 aliphatic rings. The van der Waals surface area contributed by atoms with Crippen molar-refractivity contribution in [2.45, 2.75) is 24.2 Å². The fraction of sp³-hybridized carbons (Fsp3) is 0.438. The Morgan fingerprint density at radius 2 is 1.81 bits per heavy atom. The number of hydrogen-bond acceptors (Lipinski definition) is 7. The molecule has 2 N–H and O–H groups in total. The predicted octanol–water partition coefficient (Wildman–Crippen LogP) is 2.26. The van der Waals surface area contributed by atoms with E-state index in [9.17, 15) is 9.18 Å². The number of nitrogens with zero attached hydrogens (tertiary/aromatic N) is 4. The highest BCUT2D eigenvalue weighted by molar-refractivity contribution is 8.00. The molecule has 10 heteroatoms. The Labute approximate surface area is 160 Å². The zero-order valence-corrected chi connectivity index (χ0v) is 16.4. The van der Waals surface area contributed by atoms with Crippen molar-refractivity contribution in [2.24, 2.45) is 0 Å². The smallest absolute Gasteiger partial charge is 0.233 e. The molecule has 0 aliphatic heterocycles. The second-order valence-electron chi connectivity index (χ2n) is 5.14. The first-order valence-corrected chi connectivity index (χ1v) is 10.1. The highest BCUT2D eigenvalue weighted by Gasteiger charge is 2.15. The van der Waals surface area contributed by atoms with Gasteiger partial charge in [-0.15, -0.1) is 10.2 Å². The lowest BCUT2D eigenvalue weighted by molar-refractivity contribution is -0.127. The topological polar surface area (TPSA) is 86.3 Å². The number of amides is 1. The van der Waals surface area contributed by atoms with Gasteiger partial charge in [-0.3, -0.25) is 4.79 Å². The number of aromatic nitrogens is 3. The Morgan fingerprint density at radius 1 is 1.19 bits per heavy atom. The van der Waals surface area contributed by atoms with Gasteiger partial charge in [-0.2, -0.15) is 0 Å². The minimum absolute atomic E-state index is 0.0462. The Morgan fingerprint density at radius 3 is 2.42 bits per heavy atom. The van der Waals surface area contributed by atoms with Gasteiger partial charge in [-0.25, -0.2) is 9.07 Å². The molecule has 0 saturated carbocycles. The van der Waals surface area contributed by atoms with E-state index in [4.69, 9.17) is 10.6 Å². The van der Waals surface area contributed by atoms with E-state index in [0.29, 0.717) is 41.5 Å². The van der Waals surface area contributed by atoms with Crippen molar-refractivity contribution >= 4 is 29.4 Å². The van der Waals surface area contributed by atoms with Gasteiger partial charge >= 0.3 is 0 Å². The molecule has 0 saturated heterocycles. The van der Waals surface area contributed by atoms with Gasteiger partial charge in [-0.05, 0) is 38.1 Å². The highest BCUT2D eigenvalue weighted by atomic mass is 32.2. The lowest BCUT2D eigenvalue weighted by Gasteiger charge is -2.17. The van der Waals surface area contributed by atoms with Gasteiger partial charge in [0.15, 0.2) is 0 Å². The summed E-state index contributed by atoms with van der Waals surface area (Å²) in [6, 6.07) is 5.85. The van der Waals surface area contributed by atoms with E-state index in [0.717, 1.165) is 0 Å². The van der Waals surface area contributed by atoms with Crippen LogP contribution in [-0.2, 0) is 4.79 Å². The number of rotatable bonds is 10. The first kappa shape index (κ1) is 20.4. The second-order valence-corrected chi connectivity index (χ2v) is 7.15. The van der Waals surface area contributed by atoms with Crippen LogP contribution in [0.25, 0.3) is 0 Å². The highest BCUT2D eigenvalue weighted by Crippen LogP contribution is 2.21. The third-order valence-electron chi connectivity index (χ3n) is 3.47. The van der Waals surface area contributed by atoms with Crippen LogP contribution in [0.15, 0.2) is 34.6 Å². The third-order valence-corrected chi connectivity index (χ3v) is 5.31. The van der Waals surface area contributed by atoms with Crippen LogP contribution in [0.4, 0.5) is 4.39 Å². The number of carbonyl (C=O) groups is 1. The zero-order valence-electron chi connectivity index (χ0n) is 14.7. The van der Waals surface area contributed by atoms with E-state index < -0.39 is 0 Å². The molecule has 26 heavy (non-hydrogen) atoms. The summed E-state index contributed by atoms with van der Waals surface area (Å²) in [4.78, 5) is 13.8. The van der Waals surface area contributed by atoms with Crippen LogP contribution in [0.1, 0.15) is 13.8 Å². The van der Waals surface area contributed by atoms with Gasteiger partial charge in [-0.1, -0.05) is 23.5 Å². The number of benzene rings is 1. The molecule has 0 bridgehead atoms. The molecule has 0 spiro atoms. The van der Waals surface area contributed by atoms with Gasteiger partial charge in [0.2, 0.25) is 16.2 Å². The van der Waals surface area contributed by atoms with Crippen LogP contribution < -0.4 is 10.6 Å². The first-order valence-electron chi connectivity index (χ1n) is 8.17. The van der Waals surface area contributed by atoms with E-state index in [1.165, 1.54) is 40.3 Å². The number of halogens is 1. The Balaban J connectivity index is 1.77. The molecule has 0 unspecified atom stereocenters. The maximum Gasteiger partial charge on any atom is 0.233 e. The maximum absolute atomic E-state index is 12.8. The summed E-state index contributed by atoms with van der Waals surface area (Å²) in [5.41, 5.74) is 0. The molecule has 1 aromatic carbocycles. The molecule has 0 radical (unpaired) electrons. The number of carbonyl (C=O) groups excluding carboxylic acids is 1. The fourth-order valence-electron chi connectivity index (χ4n) is 2.08. The molecule has 142 valence electrons. The number of hydrogen-bond donors (Lipinski definition) is 1. The van der Waals surface area contributed by atoms with Crippen molar-refractivity contribution in [3.05, 3.63) is 30.1 Å². The average molecular weight is 400 g/mol. The Bertz CT molecular complexity index is 707. The Hall–Kier alpha value is -1.94. The maximum atomic E-state index is 12.8. The van der Waals surface area contributed by atoms with E-state index in [-0.39, 0.29) is 17.5 Å². The molecule has 1 heterocycles. The minimum Gasteiger partial charge on any atom is -0.493 e. The number of ether oxygens (including phenoxy) is 1. The number of nitrogens with two attached hydrogens (primary N) is 1. The monoisotopic (exact) mass is 399 g/mol. The van der Waals surface area contributed by atoms with E-state index >= 15 is 0 Å². The molecule has 1 amide bonds. The molecule has 0 fully saturated rings. The summed E-state index contributed by atoms with van der Waals surface area (Å²) in [5.74, 6) is 7.21. The van der Waals surface area contributed by atoms with Crippen LogP contribution >= 0.6 is 23.5 Å². The lowest BCUT2D eigenvalue weighted by Crippen LogP contribution is -2.32. The molecule has 2 rings (SSSR count). The summed E-state index contributed by atoms with van der Waals surface area (Å²) < 4.78 is 19.7. The van der Waals surface area contributed by atoms with Crippen LogP contribution in [0.2, 0.25) is 0 Å². The fourth-order valence-corrected chi connectivity index (χ4v) is 3.57. The standard InChI is InChI=1S/C16H22FN5O2S2/c1-3-21(4-2)14(23)11-26-16-20-19-15(22(16)18)25-10-9-24-13-7-5-12(17)6-8-13/h5-8H,3-4,9-11,18H2,1-2H3. The van der Waals surface area contributed by atoms with Crippen molar-refractivity contribution < 1.29 is 13.9 Å². The van der Waals surface area contributed by atoms with Crippen molar-refractivity contribution in [3.63, 3.8) is 0 Å². The summed E-state index contributed by atoms with van der Waals surface area (Å²) in [7, 11) is 0. The van der Waals surface area contributed by atoms with Crippen LogP contribution in [0, 0.1) is 5.82 Å². The van der Waals surface area contributed by atoms with Crippen molar-refractivity contribution in [3.8, 4) is 5.75 Å². The zero-order chi connectivity index (χ0) is 18.9. The molecule has 7 nitrogen and oxygen atoms in total. The molecule has 0 aliphatic carbocycles. The van der Waals surface area contributed by atoms with Crippen molar-refractivity contribution in [1.82, 2.24) is 19.8 Å². The summed E-state index contributed by atoms with van der Waals surface area (Å²) in [6.07, 6.45) is 0. The van der Waals surface area contributed by atoms with Crippen molar-refractivity contribution in [2.75, 3.05) is 37.0 Å². The first-order chi connectivity index (χ1) is 12.5. The summed E-state index contributed by atoms with van der Waals surface area (Å²) in [5, 5.41) is 9.10. The summed E-state index contributed by atoms with van der Waals surface area (Å²) in [6.45, 7) is 5.67. The third kappa shape index (κ3) is 5.80. The van der Waals surface area contributed by atoms with E-state index in [2.05, 4.69) is 10.2 Å². The van der Waals surface area contributed by atoms with Gasteiger partial charge < -0.3 is 15.5 Å². The summed E-state index contributed by atoms with van der Waals surface area (Å²) >= 11 is 2.66. The van der Waals surface area contributed by atoms with Gasteiger partial charge in [0.25, 0.3) is 0 Å². The SMILES string of the molecule is CCN(CC)C(=O)CSc1nnc(SCCOc2ccc(F)cc2)n1N. The van der Waals surface area contributed by atoms with Gasteiger partial charge in [0, 0.05) is 18.8 Å².